The van der Waals surface area contributed by atoms with Crippen LogP contribution in [0.15, 0.2) is 0 Å². The molecule has 2 heteroatoms. The number of hydrogen-bond acceptors (Lipinski definition) is 2. The van der Waals surface area contributed by atoms with Gasteiger partial charge in [0, 0.05) is 12.1 Å². The van der Waals surface area contributed by atoms with E-state index in [1.165, 1.54) is 25.7 Å². The summed E-state index contributed by atoms with van der Waals surface area (Å²) < 4.78 is 0. The van der Waals surface area contributed by atoms with E-state index in [1.54, 1.807) is 0 Å². The topological polar surface area (TPSA) is 23.5 Å². The predicted octanol–water partition coefficient (Wildman–Crippen LogP) is 2.02. The summed E-state index contributed by atoms with van der Waals surface area (Å²) in [5.41, 5.74) is 0. The van der Waals surface area contributed by atoms with Crippen molar-refractivity contribution in [2.45, 2.75) is 63.6 Å². The van der Waals surface area contributed by atoms with Gasteiger partial charge in [0.15, 0.2) is 0 Å². The smallest absolute Gasteiger partial charge is 0.0555 e. The Balaban J connectivity index is 1.84. The van der Waals surface area contributed by atoms with E-state index in [0.717, 1.165) is 24.8 Å². The fourth-order valence-electron chi connectivity index (χ4n) is 2.89. The minimum absolute atomic E-state index is 0.0314. The molecule has 0 radical (unpaired) electrons. The van der Waals surface area contributed by atoms with Gasteiger partial charge in [-0.25, -0.2) is 0 Å². The highest BCUT2D eigenvalue weighted by Crippen LogP contribution is 2.34. The second-order valence-electron chi connectivity index (χ2n) is 5.22. The summed E-state index contributed by atoms with van der Waals surface area (Å²) in [7, 11) is 2.24. The summed E-state index contributed by atoms with van der Waals surface area (Å²) in [5, 5.41) is 9.51. The van der Waals surface area contributed by atoms with Crippen LogP contribution in [0.2, 0.25) is 0 Å². The van der Waals surface area contributed by atoms with Crippen molar-refractivity contribution in [3.8, 4) is 0 Å². The lowest BCUT2D eigenvalue weighted by Crippen LogP contribution is -2.43. The van der Waals surface area contributed by atoms with Crippen molar-refractivity contribution in [1.82, 2.24) is 4.90 Å². The van der Waals surface area contributed by atoms with Crippen molar-refractivity contribution >= 4 is 0 Å². The van der Waals surface area contributed by atoms with Crippen molar-refractivity contribution in [2.75, 3.05) is 7.05 Å². The third kappa shape index (κ3) is 1.96. The molecule has 0 spiro atoms. The molecule has 0 aromatic carbocycles. The highest BCUT2D eigenvalue weighted by molar-refractivity contribution is 4.87. The molecule has 1 N–H and O–H groups in total. The second-order valence-corrected chi connectivity index (χ2v) is 5.22. The minimum atomic E-state index is -0.0314. The zero-order valence-electron chi connectivity index (χ0n) is 9.45. The first-order valence-corrected chi connectivity index (χ1v) is 6.08. The lowest BCUT2D eigenvalue weighted by Gasteiger charge is -2.40. The summed E-state index contributed by atoms with van der Waals surface area (Å²) >= 11 is 0. The standard InChI is InChI=1S/C12H23NO/c1-9(10-4-3-5-10)13(2)11-6-7-12(14)8-11/h9-12,14H,3-8H2,1-2H3. The molecule has 82 valence electrons. The maximum atomic E-state index is 9.51. The Morgan fingerprint density at radius 1 is 1.21 bits per heavy atom. The van der Waals surface area contributed by atoms with Gasteiger partial charge in [-0.1, -0.05) is 6.42 Å². The van der Waals surface area contributed by atoms with Crippen LogP contribution in [-0.2, 0) is 0 Å². The second kappa shape index (κ2) is 4.19. The molecule has 0 heterocycles. The van der Waals surface area contributed by atoms with Gasteiger partial charge in [-0.15, -0.1) is 0 Å². The molecular formula is C12H23NO. The van der Waals surface area contributed by atoms with Crippen molar-refractivity contribution in [2.24, 2.45) is 5.92 Å². The zero-order chi connectivity index (χ0) is 10.1. The van der Waals surface area contributed by atoms with E-state index in [0.29, 0.717) is 6.04 Å². The average Bonchev–Trinajstić information content (AvgIpc) is 2.47. The molecule has 2 aliphatic rings. The van der Waals surface area contributed by atoms with Gasteiger partial charge in [0.2, 0.25) is 0 Å². The van der Waals surface area contributed by atoms with Crippen LogP contribution < -0.4 is 0 Å². The number of aliphatic hydroxyl groups is 1. The van der Waals surface area contributed by atoms with E-state index in [1.807, 2.05) is 0 Å². The summed E-state index contributed by atoms with van der Waals surface area (Å²) in [4.78, 5) is 2.51. The molecule has 2 rings (SSSR count). The largest absolute Gasteiger partial charge is 0.393 e. The van der Waals surface area contributed by atoms with Crippen LogP contribution in [0.5, 0.6) is 0 Å². The number of rotatable bonds is 3. The van der Waals surface area contributed by atoms with E-state index in [9.17, 15) is 5.11 Å². The molecule has 2 fully saturated rings. The quantitative estimate of drug-likeness (QED) is 0.748. The van der Waals surface area contributed by atoms with Gasteiger partial charge in [-0.05, 0) is 52.0 Å². The van der Waals surface area contributed by atoms with E-state index < -0.39 is 0 Å². The minimum Gasteiger partial charge on any atom is -0.393 e. The normalized spacial score (nSPS) is 36.0. The molecule has 14 heavy (non-hydrogen) atoms. The maximum Gasteiger partial charge on any atom is 0.0555 e. The highest BCUT2D eigenvalue weighted by atomic mass is 16.3. The first kappa shape index (κ1) is 10.4. The summed E-state index contributed by atoms with van der Waals surface area (Å²) in [6, 6.07) is 1.36. The molecule has 0 aromatic heterocycles. The van der Waals surface area contributed by atoms with Crippen molar-refractivity contribution in [3.63, 3.8) is 0 Å². The Morgan fingerprint density at radius 2 is 1.93 bits per heavy atom. The van der Waals surface area contributed by atoms with Crippen LogP contribution in [0.25, 0.3) is 0 Å². The van der Waals surface area contributed by atoms with Crippen molar-refractivity contribution < 1.29 is 5.11 Å². The van der Waals surface area contributed by atoms with E-state index in [-0.39, 0.29) is 6.10 Å². The van der Waals surface area contributed by atoms with Gasteiger partial charge in [0.25, 0.3) is 0 Å². The highest BCUT2D eigenvalue weighted by Gasteiger charge is 2.33. The van der Waals surface area contributed by atoms with Crippen LogP contribution in [0.1, 0.15) is 45.4 Å². The number of aliphatic hydroxyl groups excluding tert-OH is 1. The van der Waals surface area contributed by atoms with E-state index >= 15 is 0 Å². The molecule has 2 nitrogen and oxygen atoms in total. The number of hydrogen-bond donors (Lipinski definition) is 1. The molecule has 0 aromatic rings. The van der Waals surface area contributed by atoms with Crippen LogP contribution in [0.4, 0.5) is 0 Å². The maximum absolute atomic E-state index is 9.51. The Morgan fingerprint density at radius 3 is 2.36 bits per heavy atom. The van der Waals surface area contributed by atoms with Gasteiger partial charge >= 0.3 is 0 Å². The fourth-order valence-corrected chi connectivity index (χ4v) is 2.89. The van der Waals surface area contributed by atoms with Crippen molar-refractivity contribution in [3.05, 3.63) is 0 Å². The van der Waals surface area contributed by atoms with Crippen LogP contribution >= 0.6 is 0 Å². The van der Waals surface area contributed by atoms with Gasteiger partial charge in [-0.2, -0.15) is 0 Å². The third-order valence-electron chi connectivity index (χ3n) is 4.43. The summed E-state index contributed by atoms with van der Waals surface area (Å²) in [6.45, 7) is 2.36. The Kier molecular flexibility index (Phi) is 3.13. The Hall–Kier alpha value is -0.0800. The predicted molar refractivity (Wildman–Crippen MR) is 58.2 cm³/mol. The number of nitrogens with zero attached hydrogens (tertiary/aromatic N) is 1. The first-order valence-electron chi connectivity index (χ1n) is 6.08. The summed E-state index contributed by atoms with van der Waals surface area (Å²) in [5.74, 6) is 0.928. The van der Waals surface area contributed by atoms with Gasteiger partial charge in [-0.3, -0.25) is 0 Å². The molecule has 2 saturated carbocycles. The molecule has 0 saturated heterocycles. The molecule has 3 atom stereocenters. The average molecular weight is 197 g/mol. The SMILES string of the molecule is CC(C1CCC1)N(C)C1CCC(O)C1. The summed E-state index contributed by atoms with van der Waals surface area (Å²) in [6.07, 6.45) is 7.42. The Labute approximate surface area is 87.3 Å². The third-order valence-corrected chi connectivity index (χ3v) is 4.43. The lowest BCUT2D eigenvalue weighted by atomic mass is 9.79. The van der Waals surface area contributed by atoms with Gasteiger partial charge < -0.3 is 10.0 Å². The first-order chi connectivity index (χ1) is 6.68. The van der Waals surface area contributed by atoms with E-state index in [4.69, 9.17) is 0 Å². The molecule has 0 amide bonds. The van der Waals surface area contributed by atoms with Gasteiger partial charge in [0.1, 0.15) is 0 Å². The fraction of sp³-hybridized carbons (Fsp3) is 1.00. The molecule has 0 aliphatic heterocycles. The van der Waals surface area contributed by atoms with Crippen LogP contribution in [-0.4, -0.2) is 35.2 Å². The molecular weight excluding hydrogens is 174 g/mol. The monoisotopic (exact) mass is 197 g/mol. The molecule has 2 aliphatic carbocycles. The van der Waals surface area contributed by atoms with Gasteiger partial charge in [0.05, 0.1) is 6.10 Å². The van der Waals surface area contributed by atoms with Crippen molar-refractivity contribution in [1.29, 1.82) is 0 Å². The lowest BCUT2D eigenvalue weighted by molar-refractivity contribution is 0.0868. The molecule has 0 bridgehead atoms. The van der Waals surface area contributed by atoms with E-state index in [2.05, 4.69) is 18.9 Å². The van der Waals surface area contributed by atoms with Crippen LogP contribution in [0.3, 0.4) is 0 Å². The Bertz CT molecular complexity index is 189. The zero-order valence-corrected chi connectivity index (χ0v) is 9.45. The van der Waals surface area contributed by atoms with Crippen LogP contribution in [0, 0.1) is 5.92 Å². The molecule has 3 unspecified atom stereocenters.